The van der Waals surface area contributed by atoms with E-state index in [0.29, 0.717) is 6.04 Å². The number of fused-ring (bicyclic) bond motifs is 2. The summed E-state index contributed by atoms with van der Waals surface area (Å²) in [5.74, 6) is 1.84. The number of aliphatic imine (C=N–C) groups is 1. The van der Waals surface area contributed by atoms with Gasteiger partial charge in [0.05, 0.1) is 11.2 Å². The Balaban J connectivity index is 2.08. The lowest BCUT2D eigenvalue weighted by Crippen LogP contribution is -2.13. The predicted octanol–water partition coefficient (Wildman–Crippen LogP) is 2.28. The molecule has 0 saturated heterocycles. The van der Waals surface area contributed by atoms with Crippen LogP contribution in [-0.2, 0) is 0 Å². The second kappa shape index (κ2) is 2.44. The third kappa shape index (κ3) is 0.920. The van der Waals surface area contributed by atoms with Crippen molar-refractivity contribution in [1.29, 1.82) is 0 Å². The van der Waals surface area contributed by atoms with Crippen molar-refractivity contribution in [2.75, 3.05) is 0 Å². The second-order valence-electron chi connectivity index (χ2n) is 3.46. The second-order valence-corrected chi connectivity index (χ2v) is 3.65. The fourth-order valence-corrected chi connectivity index (χ4v) is 2.57. The number of rotatable bonds is 1. The van der Waals surface area contributed by atoms with Crippen molar-refractivity contribution in [2.45, 2.75) is 31.7 Å². The minimum Gasteiger partial charge on any atom is -0.229 e. The van der Waals surface area contributed by atoms with Gasteiger partial charge in [0.2, 0.25) is 0 Å². The largest absolute Gasteiger partial charge is 0.229 e. The molecule has 0 spiro atoms. The van der Waals surface area contributed by atoms with Gasteiger partial charge in [0.1, 0.15) is 0 Å². The molecule has 0 amide bonds. The zero-order valence-corrected chi connectivity index (χ0v) is 6.73. The lowest BCUT2D eigenvalue weighted by atomic mass is 9.96. The van der Waals surface area contributed by atoms with Gasteiger partial charge >= 0.3 is 0 Å². The van der Waals surface area contributed by atoms with Gasteiger partial charge in [-0.25, -0.2) is 4.99 Å². The average molecular weight is 153 g/mol. The highest BCUT2D eigenvalue weighted by atomic mass is 32.1. The first kappa shape index (κ1) is 6.51. The summed E-state index contributed by atoms with van der Waals surface area (Å²) in [6, 6.07) is 0.552. The molecule has 0 aromatic heterocycles. The zero-order valence-electron chi connectivity index (χ0n) is 5.92. The maximum Gasteiger partial charge on any atom is 0.0633 e. The van der Waals surface area contributed by atoms with Crippen LogP contribution in [0.25, 0.3) is 0 Å². The summed E-state index contributed by atoms with van der Waals surface area (Å²) in [7, 11) is 0. The van der Waals surface area contributed by atoms with Crippen molar-refractivity contribution in [2.24, 2.45) is 16.8 Å². The van der Waals surface area contributed by atoms with E-state index in [4.69, 9.17) is 0 Å². The van der Waals surface area contributed by atoms with Crippen LogP contribution < -0.4 is 0 Å². The molecule has 2 bridgehead atoms. The van der Waals surface area contributed by atoms with E-state index in [1.807, 2.05) is 0 Å². The maximum atomic E-state index is 4.59. The fraction of sp³-hybridized carbons (Fsp3) is 0.875. The lowest BCUT2D eigenvalue weighted by molar-refractivity contribution is 0.422. The fourth-order valence-electron chi connectivity index (χ4n) is 2.44. The van der Waals surface area contributed by atoms with Crippen LogP contribution in [0.4, 0.5) is 0 Å². The van der Waals surface area contributed by atoms with Gasteiger partial charge in [-0.1, -0.05) is 6.42 Å². The van der Waals surface area contributed by atoms with Gasteiger partial charge in [0.25, 0.3) is 0 Å². The van der Waals surface area contributed by atoms with Gasteiger partial charge in [-0.2, -0.15) is 0 Å². The number of hydrogen-bond donors (Lipinski definition) is 0. The molecule has 0 aromatic carbocycles. The van der Waals surface area contributed by atoms with Crippen LogP contribution in [0.3, 0.4) is 0 Å². The highest BCUT2D eigenvalue weighted by Gasteiger charge is 2.39. The molecule has 54 valence electrons. The molecule has 0 unspecified atom stereocenters. The van der Waals surface area contributed by atoms with Crippen LogP contribution >= 0.6 is 12.2 Å². The first-order chi connectivity index (χ1) is 4.90. The lowest BCUT2D eigenvalue weighted by Gasteiger charge is -2.15. The predicted molar refractivity (Wildman–Crippen MR) is 44.3 cm³/mol. The molecule has 0 aliphatic heterocycles. The first-order valence-electron chi connectivity index (χ1n) is 3.97. The summed E-state index contributed by atoms with van der Waals surface area (Å²) in [5, 5.41) is 2.50. The van der Waals surface area contributed by atoms with Crippen molar-refractivity contribution >= 4 is 17.4 Å². The van der Waals surface area contributed by atoms with Gasteiger partial charge < -0.3 is 0 Å². The van der Waals surface area contributed by atoms with Gasteiger partial charge in [-0.3, -0.25) is 0 Å². The molecule has 2 saturated carbocycles. The number of isothiocyanates is 1. The Morgan fingerprint density at radius 1 is 1.30 bits per heavy atom. The highest BCUT2D eigenvalue weighted by molar-refractivity contribution is 7.78. The molecular formula is C8H11NS. The topological polar surface area (TPSA) is 12.4 Å². The Morgan fingerprint density at radius 2 is 2.20 bits per heavy atom. The third-order valence-electron chi connectivity index (χ3n) is 2.92. The van der Waals surface area contributed by atoms with Crippen LogP contribution in [0.1, 0.15) is 25.7 Å². The third-order valence-corrected chi connectivity index (χ3v) is 3.02. The van der Waals surface area contributed by atoms with Crippen LogP contribution in [0.2, 0.25) is 0 Å². The van der Waals surface area contributed by atoms with Crippen molar-refractivity contribution in [3.8, 4) is 0 Å². The Bertz CT molecular complexity index is 184. The molecule has 2 aliphatic carbocycles. The summed E-state index contributed by atoms with van der Waals surface area (Å²) in [4.78, 5) is 4.17. The molecule has 3 atom stereocenters. The SMILES string of the molecule is S=C=N[C@@H]1C[C@@H]2CC[C@@H]1C2. The van der Waals surface area contributed by atoms with E-state index >= 15 is 0 Å². The van der Waals surface area contributed by atoms with Gasteiger partial charge in [0, 0.05) is 0 Å². The van der Waals surface area contributed by atoms with Crippen molar-refractivity contribution in [3.05, 3.63) is 0 Å². The van der Waals surface area contributed by atoms with Crippen molar-refractivity contribution in [3.63, 3.8) is 0 Å². The molecule has 0 aromatic rings. The monoisotopic (exact) mass is 153 g/mol. The van der Waals surface area contributed by atoms with Crippen LogP contribution in [0.5, 0.6) is 0 Å². The van der Waals surface area contributed by atoms with Crippen molar-refractivity contribution < 1.29 is 0 Å². The number of thiocarbonyl (C=S) groups is 1. The summed E-state index contributed by atoms with van der Waals surface area (Å²) >= 11 is 4.59. The van der Waals surface area contributed by atoms with E-state index in [1.165, 1.54) is 25.7 Å². The van der Waals surface area contributed by atoms with E-state index in [0.717, 1.165) is 11.8 Å². The first-order valence-corrected chi connectivity index (χ1v) is 4.38. The smallest absolute Gasteiger partial charge is 0.0633 e. The summed E-state index contributed by atoms with van der Waals surface area (Å²) < 4.78 is 0. The zero-order chi connectivity index (χ0) is 6.97. The van der Waals surface area contributed by atoms with E-state index in [9.17, 15) is 0 Å². The van der Waals surface area contributed by atoms with E-state index < -0.39 is 0 Å². The molecule has 10 heavy (non-hydrogen) atoms. The Hall–Kier alpha value is -0.200. The molecule has 1 nitrogen and oxygen atoms in total. The molecule has 0 radical (unpaired) electrons. The number of nitrogens with zero attached hydrogens (tertiary/aromatic N) is 1. The maximum absolute atomic E-state index is 4.59. The van der Waals surface area contributed by atoms with Crippen molar-refractivity contribution in [1.82, 2.24) is 0 Å². The minimum atomic E-state index is 0.552. The normalized spacial score (nSPS) is 43.4. The van der Waals surface area contributed by atoms with E-state index in [-0.39, 0.29) is 0 Å². The molecule has 2 heteroatoms. The summed E-state index contributed by atoms with van der Waals surface area (Å²) in [5.41, 5.74) is 0. The molecule has 2 aliphatic rings. The molecule has 0 heterocycles. The number of hydrogen-bond acceptors (Lipinski definition) is 2. The van der Waals surface area contributed by atoms with Crippen LogP contribution in [0, 0.1) is 11.8 Å². The Labute approximate surface area is 66.5 Å². The Morgan fingerprint density at radius 3 is 2.70 bits per heavy atom. The van der Waals surface area contributed by atoms with Crippen LogP contribution in [-0.4, -0.2) is 11.2 Å². The molecule has 0 N–H and O–H groups in total. The summed E-state index contributed by atoms with van der Waals surface area (Å²) in [6.45, 7) is 0. The van der Waals surface area contributed by atoms with Crippen LogP contribution in [0.15, 0.2) is 4.99 Å². The van der Waals surface area contributed by atoms with Gasteiger partial charge in [0.15, 0.2) is 0 Å². The van der Waals surface area contributed by atoms with Gasteiger partial charge in [-0.15, -0.1) is 0 Å². The molecular weight excluding hydrogens is 142 g/mol. The minimum absolute atomic E-state index is 0.552. The van der Waals surface area contributed by atoms with E-state index in [2.05, 4.69) is 22.4 Å². The van der Waals surface area contributed by atoms with Gasteiger partial charge in [-0.05, 0) is 43.3 Å². The molecule has 2 fully saturated rings. The molecule has 2 rings (SSSR count). The average Bonchev–Trinajstić information content (AvgIpc) is 2.48. The summed E-state index contributed by atoms with van der Waals surface area (Å²) in [6.07, 6.45) is 5.52. The standard InChI is InChI=1S/C8H11NS/c10-5-9-8-4-6-1-2-7(8)3-6/h6-8H,1-4H2/t6-,7-,8-/m1/s1. The van der Waals surface area contributed by atoms with E-state index in [1.54, 1.807) is 0 Å². The Kier molecular flexibility index (Phi) is 1.59. The highest BCUT2D eigenvalue weighted by Crippen LogP contribution is 2.45. The quantitative estimate of drug-likeness (QED) is 0.416.